The molecule has 4 aliphatic rings. The second kappa shape index (κ2) is 11.5. The zero-order chi connectivity index (χ0) is 33.2. The third kappa shape index (κ3) is 4.65. The van der Waals surface area contributed by atoms with Gasteiger partial charge in [0.2, 0.25) is 5.12 Å². The highest BCUT2D eigenvalue weighted by molar-refractivity contribution is 8.13. The largest absolute Gasteiger partial charge is 0.506 e. The highest BCUT2D eigenvalue weighted by atomic mass is 35.5. The first-order valence-electron chi connectivity index (χ1n) is 15.2. The van der Waals surface area contributed by atoms with Crippen molar-refractivity contribution >= 4 is 40.2 Å². The van der Waals surface area contributed by atoms with E-state index in [4.69, 9.17) is 21.1 Å². The van der Waals surface area contributed by atoms with Crippen molar-refractivity contribution in [2.24, 2.45) is 28.6 Å². The minimum atomic E-state index is -2.13. The summed E-state index contributed by atoms with van der Waals surface area (Å²) in [5, 5.41) is 20.8. The van der Waals surface area contributed by atoms with Crippen LogP contribution in [0.15, 0.2) is 66.3 Å². The molecule has 0 saturated heterocycles. The van der Waals surface area contributed by atoms with Crippen LogP contribution < -0.4 is 4.74 Å². The average molecular weight is 673 g/mol. The molecule has 0 amide bonds. The van der Waals surface area contributed by atoms with E-state index < -0.39 is 63.0 Å². The van der Waals surface area contributed by atoms with Crippen LogP contribution >= 0.6 is 23.4 Å². The van der Waals surface area contributed by atoms with Crippen molar-refractivity contribution < 1.29 is 42.9 Å². The van der Waals surface area contributed by atoms with Gasteiger partial charge in [0.25, 0.3) is 0 Å². The summed E-state index contributed by atoms with van der Waals surface area (Å²) in [6.07, 6.45) is 3.70. The Kier molecular flexibility index (Phi) is 8.17. The van der Waals surface area contributed by atoms with Crippen LogP contribution in [0.5, 0.6) is 17.2 Å². The first-order chi connectivity index (χ1) is 21.7. The van der Waals surface area contributed by atoms with Crippen molar-refractivity contribution in [1.29, 1.82) is 0 Å². The van der Waals surface area contributed by atoms with Crippen molar-refractivity contribution in [2.45, 2.75) is 63.8 Å². The molecule has 7 nitrogen and oxygen atoms in total. The number of benzene rings is 2. The van der Waals surface area contributed by atoms with Gasteiger partial charge in [0, 0.05) is 35.2 Å². The minimum Gasteiger partial charge on any atom is -0.506 e. The third-order valence-electron chi connectivity index (χ3n) is 11.1. The van der Waals surface area contributed by atoms with Gasteiger partial charge in [-0.2, -0.15) is 0 Å². The van der Waals surface area contributed by atoms with E-state index in [0.717, 1.165) is 0 Å². The predicted molar refractivity (Wildman–Crippen MR) is 169 cm³/mol. The SMILES string of the molecule is C[C@@H]1C[C@H]2[C@@H]3CC=C4CC(=O)C=C[C@]4(C)[C@@]3(F)[C@@H](O)C[C@]2(C)[C@@]1(OC(=O)c1ccc(Oc2ccc(O)c(Cl)c2)cc1)C(=O)SCF. The standard InChI is InChI=1S/C35H35ClF2O7S/c1-19-14-26-25-10-6-21-15-22(39)12-13-32(21,2)34(25,38)29(41)17-33(26,3)35(19,31(43)46-18-37)45-30(42)20-4-7-23(8-5-20)44-24-9-11-28(40)27(36)16-24/h4-9,11-13,16,19,25-26,29,40-41H,10,14-15,17-18H2,1-3H3/t19-,25+,26+,29+,32+,33+,34+,35+/m1/s1. The molecule has 2 saturated carbocycles. The zero-order valence-electron chi connectivity index (χ0n) is 25.6. The lowest BCUT2D eigenvalue weighted by Crippen LogP contribution is -2.69. The van der Waals surface area contributed by atoms with Crippen molar-refractivity contribution in [3.8, 4) is 17.2 Å². The van der Waals surface area contributed by atoms with Crippen molar-refractivity contribution in [2.75, 3.05) is 6.01 Å². The van der Waals surface area contributed by atoms with Gasteiger partial charge in [-0.05, 0) is 86.3 Å². The van der Waals surface area contributed by atoms with Gasteiger partial charge in [0.05, 0.1) is 16.7 Å². The van der Waals surface area contributed by atoms with E-state index in [9.17, 15) is 29.0 Å². The number of aliphatic hydroxyl groups excluding tert-OH is 1. The molecule has 6 rings (SSSR count). The van der Waals surface area contributed by atoms with Gasteiger partial charge in [-0.25, -0.2) is 13.6 Å². The molecule has 2 fully saturated rings. The first-order valence-corrected chi connectivity index (χ1v) is 16.6. The number of phenolic OH excluding ortho intramolecular Hbond substituents is 1. The van der Waals surface area contributed by atoms with E-state index in [1.165, 1.54) is 48.5 Å². The van der Waals surface area contributed by atoms with Crippen molar-refractivity contribution in [3.63, 3.8) is 0 Å². The smallest absolute Gasteiger partial charge is 0.339 e. The molecule has 0 unspecified atom stereocenters. The third-order valence-corrected chi connectivity index (χ3v) is 12.1. The Morgan fingerprint density at radius 3 is 2.48 bits per heavy atom. The molecule has 0 heterocycles. The second-order valence-electron chi connectivity index (χ2n) is 13.3. The number of fused-ring (bicyclic) bond motifs is 5. The van der Waals surface area contributed by atoms with Gasteiger partial charge in [0.15, 0.2) is 17.1 Å². The molecule has 0 bridgehead atoms. The van der Waals surface area contributed by atoms with E-state index in [1.54, 1.807) is 26.8 Å². The monoisotopic (exact) mass is 672 g/mol. The summed E-state index contributed by atoms with van der Waals surface area (Å²) in [4.78, 5) is 39.9. The van der Waals surface area contributed by atoms with Crippen LogP contribution in [0.4, 0.5) is 8.78 Å². The first kappa shape index (κ1) is 32.7. The van der Waals surface area contributed by atoms with Gasteiger partial charge in [0.1, 0.15) is 23.3 Å². The number of alkyl halides is 2. The molecule has 2 aromatic rings. The second-order valence-corrected chi connectivity index (χ2v) is 14.6. The number of carbonyl (C=O) groups is 3. The van der Waals surface area contributed by atoms with E-state index in [2.05, 4.69) is 0 Å². The molecular weight excluding hydrogens is 638 g/mol. The van der Waals surface area contributed by atoms with E-state index in [-0.39, 0.29) is 41.4 Å². The molecule has 8 atom stereocenters. The number of ether oxygens (including phenoxy) is 2. The number of hydrogen-bond acceptors (Lipinski definition) is 8. The molecule has 244 valence electrons. The van der Waals surface area contributed by atoms with Gasteiger partial charge >= 0.3 is 5.97 Å². The molecule has 0 aliphatic heterocycles. The van der Waals surface area contributed by atoms with Gasteiger partial charge in [-0.15, -0.1) is 0 Å². The molecule has 11 heteroatoms. The maximum absolute atomic E-state index is 17.6. The summed E-state index contributed by atoms with van der Waals surface area (Å²) in [6, 6.07) is 9.30. The molecule has 2 aromatic carbocycles. The van der Waals surface area contributed by atoms with Crippen LogP contribution in [-0.4, -0.2) is 50.5 Å². The quantitative estimate of drug-likeness (QED) is 0.239. The van der Waals surface area contributed by atoms with Crippen molar-refractivity contribution in [1.82, 2.24) is 0 Å². The van der Waals surface area contributed by atoms with Crippen molar-refractivity contribution in [3.05, 3.63) is 76.9 Å². The predicted octanol–water partition coefficient (Wildman–Crippen LogP) is 7.54. The normalized spacial score (nSPS) is 36.2. The Morgan fingerprint density at radius 2 is 1.80 bits per heavy atom. The van der Waals surface area contributed by atoms with Crippen LogP contribution in [0.1, 0.15) is 56.8 Å². The Labute approximate surface area is 275 Å². The Hall–Kier alpha value is -3.21. The highest BCUT2D eigenvalue weighted by Crippen LogP contribution is 2.71. The molecule has 46 heavy (non-hydrogen) atoms. The topological polar surface area (TPSA) is 110 Å². The lowest BCUT2D eigenvalue weighted by Gasteiger charge is -2.62. The Morgan fingerprint density at radius 1 is 1.11 bits per heavy atom. The lowest BCUT2D eigenvalue weighted by molar-refractivity contribution is -0.211. The molecule has 0 spiro atoms. The number of esters is 1. The fraction of sp³-hybridized carbons (Fsp3) is 0.457. The molecule has 2 N–H and O–H groups in total. The average Bonchev–Trinajstić information content (AvgIpc) is 3.22. The van der Waals surface area contributed by atoms with Crippen LogP contribution in [0.25, 0.3) is 0 Å². The lowest BCUT2D eigenvalue weighted by atomic mass is 9.45. The number of phenols is 1. The van der Waals surface area contributed by atoms with Crippen LogP contribution in [0, 0.1) is 28.6 Å². The van der Waals surface area contributed by atoms with E-state index in [0.29, 0.717) is 35.3 Å². The summed E-state index contributed by atoms with van der Waals surface area (Å²) < 4.78 is 43.3. The summed E-state index contributed by atoms with van der Waals surface area (Å²) >= 11 is 6.37. The number of halogens is 3. The Bertz CT molecular complexity index is 1660. The summed E-state index contributed by atoms with van der Waals surface area (Å²) in [5.74, 6) is -2.18. The van der Waals surface area contributed by atoms with Gasteiger partial charge in [-0.3, -0.25) is 9.59 Å². The number of aliphatic hydroxyl groups is 1. The summed E-state index contributed by atoms with van der Waals surface area (Å²) in [6.45, 7) is 5.21. The zero-order valence-corrected chi connectivity index (χ0v) is 27.2. The maximum Gasteiger partial charge on any atom is 0.339 e. The fourth-order valence-corrected chi connectivity index (χ4v) is 9.80. The van der Waals surface area contributed by atoms with E-state index in [1.807, 2.05) is 6.08 Å². The maximum atomic E-state index is 17.6. The number of carbonyl (C=O) groups excluding carboxylic acids is 3. The summed E-state index contributed by atoms with van der Waals surface area (Å²) in [5.41, 5.74) is -5.68. The molecule has 0 aromatic heterocycles. The minimum absolute atomic E-state index is 0.0795. The van der Waals surface area contributed by atoms with E-state index >= 15 is 4.39 Å². The van der Waals surface area contributed by atoms with Gasteiger partial charge in [-0.1, -0.05) is 43.2 Å². The molecule has 0 radical (unpaired) electrons. The number of hydrogen-bond donors (Lipinski definition) is 2. The number of rotatable bonds is 6. The summed E-state index contributed by atoms with van der Waals surface area (Å²) in [7, 11) is 0. The Balaban J connectivity index is 1.33. The van der Waals surface area contributed by atoms with Crippen LogP contribution in [-0.2, 0) is 14.3 Å². The fourth-order valence-electron chi connectivity index (χ4n) is 8.84. The number of ketones is 1. The molecule has 4 aliphatic carbocycles. The number of allylic oxidation sites excluding steroid dienone is 4. The number of thioether (sulfide) groups is 1. The number of aromatic hydroxyl groups is 1. The van der Waals surface area contributed by atoms with Gasteiger partial charge < -0.3 is 19.7 Å². The molecular formula is C35H35ClF2O7S. The van der Waals surface area contributed by atoms with Crippen LogP contribution in [0.3, 0.4) is 0 Å². The highest BCUT2D eigenvalue weighted by Gasteiger charge is 2.77. The van der Waals surface area contributed by atoms with Crippen LogP contribution in [0.2, 0.25) is 5.02 Å².